The van der Waals surface area contributed by atoms with Crippen LogP contribution in [0.5, 0.6) is 0 Å². The molecule has 2 aromatic rings. The smallest absolute Gasteiger partial charge is 0.319 e. The first-order valence-electron chi connectivity index (χ1n) is 5.45. The molecule has 0 aliphatic heterocycles. The molecular formula is C11H13N3O2S2. The molecule has 0 fully saturated rings. The molecule has 0 bridgehead atoms. The normalized spacial score (nSPS) is 12.3. The van der Waals surface area contributed by atoms with Gasteiger partial charge in [-0.1, -0.05) is 24.8 Å². The minimum atomic E-state index is -0.262. The first-order valence-corrected chi connectivity index (χ1v) is 7.21. The lowest BCUT2D eigenvalue weighted by molar-refractivity contribution is -0.140. The number of H-pyrrole nitrogens is 1. The van der Waals surface area contributed by atoms with E-state index in [4.69, 9.17) is 4.74 Å². The number of hydrogen-bond acceptors (Lipinski definition) is 6. The Hall–Kier alpha value is -1.34. The van der Waals surface area contributed by atoms with Crippen LogP contribution in [-0.4, -0.2) is 33.5 Å². The summed E-state index contributed by atoms with van der Waals surface area (Å²) in [7, 11) is 1.39. The average Bonchev–Trinajstić information content (AvgIpc) is 3.05. The quantitative estimate of drug-likeness (QED) is 0.674. The zero-order valence-electron chi connectivity index (χ0n) is 10.0. The van der Waals surface area contributed by atoms with Gasteiger partial charge in [0.15, 0.2) is 5.82 Å². The molecule has 0 saturated heterocycles. The summed E-state index contributed by atoms with van der Waals surface area (Å²) in [5.74, 6) is 0.484. The van der Waals surface area contributed by atoms with E-state index in [1.165, 1.54) is 18.9 Å². The zero-order chi connectivity index (χ0) is 13.0. The standard InChI is InChI=1S/C11H13N3O2S2/c1-3-7(10(15)16-2)18-11-12-9(13-14-11)8-5-4-6-17-8/h4-7H,3H2,1-2H3,(H,12,13,14)/t7-/m0/s1. The Morgan fingerprint density at radius 2 is 2.50 bits per heavy atom. The highest BCUT2D eigenvalue weighted by Crippen LogP contribution is 2.26. The van der Waals surface area contributed by atoms with E-state index >= 15 is 0 Å². The van der Waals surface area contributed by atoms with Crippen LogP contribution in [0.15, 0.2) is 22.7 Å². The van der Waals surface area contributed by atoms with Crippen molar-refractivity contribution in [2.75, 3.05) is 7.11 Å². The van der Waals surface area contributed by atoms with Gasteiger partial charge in [-0.3, -0.25) is 9.89 Å². The Balaban J connectivity index is 2.08. The molecule has 0 aliphatic rings. The lowest BCUT2D eigenvalue weighted by Crippen LogP contribution is -2.17. The topological polar surface area (TPSA) is 67.9 Å². The third-order valence-electron chi connectivity index (χ3n) is 2.30. The van der Waals surface area contributed by atoms with Gasteiger partial charge in [0.2, 0.25) is 5.16 Å². The number of nitrogens with zero attached hydrogens (tertiary/aromatic N) is 2. The number of hydrogen-bond donors (Lipinski definition) is 1. The van der Waals surface area contributed by atoms with Crippen LogP contribution in [0.1, 0.15) is 13.3 Å². The lowest BCUT2D eigenvalue weighted by atomic mass is 10.3. The maximum atomic E-state index is 11.5. The second kappa shape index (κ2) is 6.01. The second-order valence-corrected chi connectivity index (χ2v) is 5.60. The van der Waals surface area contributed by atoms with Crippen molar-refractivity contribution < 1.29 is 9.53 Å². The predicted octanol–water partition coefficient (Wildman–Crippen LogP) is 2.58. The van der Waals surface area contributed by atoms with E-state index in [-0.39, 0.29) is 11.2 Å². The van der Waals surface area contributed by atoms with Crippen LogP contribution in [0.4, 0.5) is 0 Å². The summed E-state index contributed by atoms with van der Waals surface area (Å²) >= 11 is 2.91. The van der Waals surface area contributed by atoms with Crippen molar-refractivity contribution in [2.24, 2.45) is 0 Å². The summed E-state index contributed by atoms with van der Waals surface area (Å²) in [6.45, 7) is 1.93. The molecule has 0 unspecified atom stereocenters. The highest BCUT2D eigenvalue weighted by molar-refractivity contribution is 8.00. The maximum absolute atomic E-state index is 11.5. The van der Waals surface area contributed by atoms with Crippen molar-refractivity contribution >= 4 is 29.1 Å². The molecule has 0 saturated carbocycles. The van der Waals surface area contributed by atoms with Crippen molar-refractivity contribution in [3.8, 4) is 10.7 Å². The molecule has 2 heterocycles. The largest absolute Gasteiger partial charge is 0.468 e. The molecule has 2 rings (SSSR count). The van der Waals surface area contributed by atoms with Crippen LogP contribution in [0.2, 0.25) is 0 Å². The maximum Gasteiger partial charge on any atom is 0.319 e. The molecule has 0 aliphatic carbocycles. The van der Waals surface area contributed by atoms with E-state index in [2.05, 4.69) is 15.2 Å². The summed E-state index contributed by atoms with van der Waals surface area (Å²) < 4.78 is 4.73. The number of esters is 1. The third kappa shape index (κ3) is 2.91. The molecule has 96 valence electrons. The van der Waals surface area contributed by atoms with Crippen LogP contribution in [0, 0.1) is 0 Å². The van der Waals surface area contributed by atoms with Gasteiger partial charge in [0.05, 0.1) is 12.0 Å². The van der Waals surface area contributed by atoms with E-state index in [9.17, 15) is 4.79 Å². The van der Waals surface area contributed by atoms with Gasteiger partial charge in [-0.25, -0.2) is 4.98 Å². The van der Waals surface area contributed by atoms with E-state index in [0.29, 0.717) is 11.6 Å². The van der Waals surface area contributed by atoms with Gasteiger partial charge in [-0.15, -0.1) is 16.4 Å². The highest BCUT2D eigenvalue weighted by Gasteiger charge is 2.20. The number of ether oxygens (including phenoxy) is 1. The second-order valence-electron chi connectivity index (χ2n) is 3.48. The van der Waals surface area contributed by atoms with Crippen molar-refractivity contribution in [3.05, 3.63) is 17.5 Å². The van der Waals surface area contributed by atoms with Gasteiger partial charge < -0.3 is 4.74 Å². The lowest BCUT2D eigenvalue weighted by Gasteiger charge is -2.08. The van der Waals surface area contributed by atoms with Crippen LogP contribution >= 0.6 is 23.1 Å². The van der Waals surface area contributed by atoms with Gasteiger partial charge in [0.1, 0.15) is 5.25 Å². The van der Waals surface area contributed by atoms with Crippen molar-refractivity contribution in [3.63, 3.8) is 0 Å². The molecular weight excluding hydrogens is 270 g/mol. The van der Waals surface area contributed by atoms with Crippen LogP contribution < -0.4 is 0 Å². The fourth-order valence-electron chi connectivity index (χ4n) is 1.38. The summed E-state index contributed by atoms with van der Waals surface area (Å²) in [4.78, 5) is 16.9. The monoisotopic (exact) mass is 283 g/mol. The Morgan fingerprint density at radius 1 is 1.67 bits per heavy atom. The number of carbonyl (C=O) groups excluding carboxylic acids is 1. The van der Waals surface area contributed by atoms with Crippen LogP contribution in [0.3, 0.4) is 0 Å². The molecule has 18 heavy (non-hydrogen) atoms. The average molecular weight is 283 g/mol. The Kier molecular flexibility index (Phi) is 4.38. The van der Waals surface area contributed by atoms with Crippen LogP contribution in [-0.2, 0) is 9.53 Å². The Morgan fingerprint density at radius 3 is 3.11 bits per heavy atom. The number of rotatable bonds is 5. The molecule has 0 spiro atoms. The minimum absolute atomic E-state index is 0.245. The van der Waals surface area contributed by atoms with Crippen molar-refractivity contribution in [2.45, 2.75) is 23.8 Å². The summed E-state index contributed by atoms with van der Waals surface area (Å²) in [5, 5.41) is 9.26. The minimum Gasteiger partial charge on any atom is -0.468 e. The first kappa shape index (κ1) is 13.1. The molecule has 5 nitrogen and oxygen atoms in total. The predicted molar refractivity (Wildman–Crippen MR) is 71.6 cm³/mol. The number of nitrogens with one attached hydrogen (secondary N) is 1. The number of aromatic amines is 1. The van der Waals surface area contributed by atoms with E-state index in [1.54, 1.807) is 11.3 Å². The Bertz CT molecular complexity index is 510. The number of aromatic nitrogens is 3. The molecule has 2 aromatic heterocycles. The van der Waals surface area contributed by atoms with Crippen molar-refractivity contribution in [1.29, 1.82) is 0 Å². The van der Waals surface area contributed by atoms with Gasteiger partial charge in [0, 0.05) is 0 Å². The van der Waals surface area contributed by atoms with Gasteiger partial charge in [-0.05, 0) is 17.9 Å². The molecule has 0 aromatic carbocycles. The van der Waals surface area contributed by atoms with Gasteiger partial charge in [-0.2, -0.15) is 0 Å². The summed E-state index contributed by atoms with van der Waals surface area (Å²) in [5.41, 5.74) is 0. The van der Waals surface area contributed by atoms with E-state index < -0.39 is 0 Å². The van der Waals surface area contributed by atoms with E-state index in [1.807, 2.05) is 24.4 Å². The van der Waals surface area contributed by atoms with Crippen molar-refractivity contribution in [1.82, 2.24) is 15.2 Å². The van der Waals surface area contributed by atoms with Gasteiger partial charge in [0.25, 0.3) is 0 Å². The fraction of sp³-hybridized carbons (Fsp3) is 0.364. The molecule has 7 heteroatoms. The molecule has 0 amide bonds. The molecule has 0 radical (unpaired) electrons. The number of thioether (sulfide) groups is 1. The fourth-order valence-corrected chi connectivity index (χ4v) is 2.90. The molecule has 1 N–H and O–H groups in total. The highest BCUT2D eigenvalue weighted by atomic mass is 32.2. The number of methoxy groups -OCH3 is 1. The first-order chi connectivity index (χ1) is 8.74. The third-order valence-corrected chi connectivity index (χ3v) is 4.38. The Labute approximate surface area is 113 Å². The summed E-state index contributed by atoms with van der Waals surface area (Å²) in [6.07, 6.45) is 0.681. The number of carbonyl (C=O) groups is 1. The van der Waals surface area contributed by atoms with Gasteiger partial charge >= 0.3 is 5.97 Å². The van der Waals surface area contributed by atoms with Crippen LogP contribution in [0.25, 0.3) is 10.7 Å². The molecule has 1 atom stereocenters. The summed E-state index contributed by atoms with van der Waals surface area (Å²) in [6, 6.07) is 3.93. The zero-order valence-corrected chi connectivity index (χ0v) is 11.7. The number of thiophene rings is 1. The SMILES string of the molecule is CC[C@H](Sc1n[nH]c(-c2cccs2)n1)C(=O)OC. The van der Waals surface area contributed by atoms with E-state index in [0.717, 1.165) is 10.7 Å².